The van der Waals surface area contributed by atoms with Crippen LogP contribution >= 0.6 is 0 Å². The number of fused-ring (bicyclic) bond motifs is 1. The van der Waals surface area contributed by atoms with Crippen molar-refractivity contribution in [1.82, 2.24) is 10.2 Å². The Labute approximate surface area is 249 Å². The molecule has 0 bridgehead atoms. The highest BCUT2D eigenvalue weighted by Crippen LogP contribution is 2.38. The molecule has 2 aliphatic rings. The molecule has 2 aliphatic heterocycles. The van der Waals surface area contributed by atoms with E-state index in [1.54, 1.807) is 0 Å². The third kappa shape index (κ3) is 5.93. The summed E-state index contributed by atoms with van der Waals surface area (Å²) >= 11 is 0. The Bertz CT molecular complexity index is 1470. The number of amides is 2. The van der Waals surface area contributed by atoms with E-state index in [1.807, 2.05) is 95.8 Å². The van der Waals surface area contributed by atoms with Crippen molar-refractivity contribution >= 4 is 35.4 Å². The van der Waals surface area contributed by atoms with Crippen LogP contribution in [0.1, 0.15) is 94.8 Å². The van der Waals surface area contributed by atoms with Crippen LogP contribution in [-0.4, -0.2) is 53.4 Å². The lowest BCUT2D eigenvalue weighted by Gasteiger charge is -2.34. The van der Waals surface area contributed by atoms with Gasteiger partial charge in [-0.05, 0) is 85.3 Å². The molecule has 42 heavy (non-hydrogen) atoms. The number of nitrogens with one attached hydrogen (secondary N) is 1. The number of rotatable bonds is 5. The van der Waals surface area contributed by atoms with Crippen LogP contribution in [0.4, 0.5) is 4.79 Å². The second-order valence-electron chi connectivity index (χ2n) is 13.9. The quantitative estimate of drug-likeness (QED) is 0.342. The van der Waals surface area contributed by atoms with Crippen LogP contribution < -0.4 is 10.8 Å². The van der Waals surface area contributed by atoms with Gasteiger partial charge in [0, 0.05) is 18.7 Å². The largest absolute Gasteiger partial charge is 0.494 e. The second-order valence-corrected chi connectivity index (χ2v) is 13.9. The van der Waals surface area contributed by atoms with Gasteiger partial charge in [0.2, 0.25) is 0 Å². The number of benzene rings is 3. The smallest absolute Gasteiger partial charge is 0.465 e. The molecule has 3 aromatic carbocycles. The number of carboxylic acid groups (broad SMARTS) is 1. The molecule has 8 heteroatoms. The van der Waals surface area contributed by atoms with Crippen LogP contribution in [0, 0.1) is 5.41 Å². The predicted molar refractivity (Wildman–Crippen MR) is 167 cm³/mol. The molecule has 2 amide bonds. The monoisotopic (exact) mass is 570 g/mol. The van der Waals surface area contributed by atoms with Crippen molar-refractivity contribution in [2.75, 3.05) is 13.1 Å². The average Bonchev–Trinajstić information content (AvgIpc) is 3.16. The van der Waals surface area contributed by atoms with Gasteiger partial charge >= 0.3 is 13.2 Å². The number of hydrogen-bond donors (Lipinski definition) is 2. The normalized spacial score (nSPS) is 19.6. The van der Waals surface area contributed by atoms with E-state index in [1.165, 1.54) is 5.56 Å². The molecule has 2 fully saturated rings. The maximum atomic E-state index is 13.7. The molecule has 2 heterocycles. The van der Waals surface area contributed by atoms with Crippen molar-refractivity contribution in [3.8, 4) is 0 Å². The summed E-state index contributed by atoms with van der Waals surface area (Å²) in [6.45, 7) is 15.6. The Balaban J connectivity index is 1.29. The van der Waals surface area contributed by atoms with Crippen molar-refractivity contribution in [2.45, 2.75) is 84.5 Å². The van der Waals surface area contributed by atoms with Crippen LogP contribution in [0.25, 0.3) is 10.8 Å². The number of carbonyl (C=O) groups excluding carboxylic acids is 1. The molecular formula is C34H43BN2O5. The van der Waals surface area contributed by atoms with Gasteiger partial charge in [-0.2, -0.15) is 0 Å². The molecule has 3 aromatic rings. The van der Waals surface area contributed by atoms with E-state index >= 15 is 0 Å². The van der Waals surface area contributed by atoms with Gasteiger partial charge < -0.3 is 24.6 Å². The SMILES string of the molecule is CC(C)(C)C(NC(=O)O)c1cccc(C2CCN(C(=O)c3cccc4cc(B5OC(C)(C)C(C)(C)O5)ccc34)CC2)c1. The molecule has 0 radical (unpaired) electrons. The lowest BCUT2D eigenvalue weighted by Crippen LogP contribution is -2.41. The van der Waals surface area contributed by atoms with Gasteiger partial charge in [0.25, 0.3) is 5.91 Å². The van der Waals surface area contributed by atoms with E-state index < -0.39 is 24.4 Å². The first kappa shape index (κ1) is 30.1. The summed E-state index contributed by atoms with van der Waals surface area (Å²) in [5.74, 6) is 0.365. The minimum Gasteiger partial charge on any atom is -0.465 e. The van der Waals surface area contributed by atoms with E-state index in [0.717, 1.165) is 34.6 Å². The minimum absolute atomic E-state index is 0.0506. The summed E-state index contributed by atoms with van der Waals surface area (Å²) in [6, 6.07) is 19.9. The van der Waals surface area contributed by atoms with Crippen molar-refractivity contribution in [3.05, 3.63) is 77.4 Å². The maximum Gasteiger partial charge on any atom is 0.494 e. The third-order valence-electron chi connectivity index (χ3n) is 9.29. The standard InChI is InChI=1S/C34H43BN2O5/c1-32(2,3)29(36-31(39)40)25-12-8-10-23(20-25)22-16-18-37(19-17-22)30(38)28-13-9-11-24-21-26(14-15-27(24)28)35-41-33(4,5)34(6,7)42-35/h8-15,20-22,29,36H,16-19H2,1-7H3,(H,39,40). The van der Waals surface area contributed by atoms with E-state index in [-0.39, 0.29) is 17.4 Å². The fourth-order valence-electron chi connectivity index (χ4n) is 6.12. The minimum atomic E-state index is -1.02. The highest BCUT2D eigenvalue weighted by molar-refractivity contribution is 6.62. The average molecular weight is 571 g/mol. The molecule has 0 spiro atoms. The summed E-state index contributed by atoms with van der Waals surface area (Å²) in [7, 11) is -0.449. The molecule has 222 valence electrons. The number of piperidine rings is 1. The van der Waals surface area contributed by atoms with Crippen LogP contribution in [-0.2, 0) is 9.31 Å². The summed E-state index contributed by atoms with van der Waals surface area (Å²) < 4.78 is 12.5. The van der Waals surface area contributed by atoms with Gasteiger partial charge in [-0.15, -0.1) is 0 Å². The fourth-order valence-corrected chi connectivity index (χ4v) is 6.12. The first-order chi connectivity index (χ1) is 19.7. The van der Waals surface area contributed by atoms with Crippen molar-refractivity contribution < 1.29 is 24.0 Å². The molecular weight excluding hydrogens is 527 g/mol. The van der Waals surface area contributed by atoms with Crippen molar-refractivity contribution in [1.29, 1.82) is 0 Å². The van der Waals surface area contributed by atoms with Gasteiger partial charge in [-0.1, -0.05) is 75.4 Å². The molecule has 1 unspecified atom stereocenters. The molecule has 5 rings (SSSR count). The van der Waals surface area contributed by atoms with E-state index in [4.69, 9.17) is 9.31 Å². The predicted octanol–water partition coefficient (Wildman–Crippen LogP) is 6.51. The molecule has 2 N–H and O–H groups in total. The summed E-state index contributed by atoms with van der Waals surface area (Å²) in [5.41, 5.74) is 2.72. The lowest BCUT2D eigenvalue weighted by atomic mass is 9.78. The summed E-state index contributed by atoms with van der Waals surface area (Å²) in [4.78, 5) is 27.2. The Morgan fingerprint density at radius 2 is 1.60 bits per heavy atom. The highest BCUT2D eigenvalue weighted by Gasteiger charge is 2.51. The van der Waals surface area contributed by atoms with Crippen LogP contribution in [0.5, 0.6) is 0 Å². The van der Waals surface area contributed by atoms with Crippen LogP contribution in [0.15, 0.2) is 60.7 Å². The van der Waals surface area contributed by atoms with Crippen molar-refractivity contribution in [2.24, 2.45) is 5.41 Å². The first-order valence-corrected chi connectivity index (χ1v) is 14.9. The zero-order chi connectivity index (χ0) is 30.4. The molecule has 7 nitrogen and oxygen atoms in total. The van der Waals surface area contributed by atoms with E-state index in [2.05, 4.69) is 23.5 Å². The molecule has 0 aliphatic carbocycles. The summed E-state index contributed by atoms with van der Waals surface area (Å²) in [5, 5.41) is 14.0. The summed E-state index contributed by atoms with van der Waals surface area (Å²) in [6.07, 6.45) is 0.696. The van der Waals surface area contributed by atoms with E-state index in [0.29, 0.717) is 24.6 Å². The van der Waals surface area contributed by atoms with E-state index in [9.17, 15) is 14.7 Å². The number of hydrogen-bond acceptors (Lipinski definition) is 4. The Morgan fingerprint density at radius 3 is 2.21 bits per heavy atom. The number of carbonyl (C=O) groups is 2. The van der Waals surface area contributed by atoms with Gasteiger partial charge in [0.15, 0.2) is 0 Å². The van der Waals surface area contributed by atoms with Gasteiger partial charge in [-0.3, -0.25) is 4.79 Å². The molecule has 2 saturated heterocycles. The van der Waals surface area contributed by atoms with Gasteiger partial charge in [0.05, 0.1) is 17.2 Å². The maximum absolute atomic E-state index is 13.7. The molecule has 1 atom stereocenters. The Kier molecular flexibility index (Phi) is 7.92. The fraction of sp³-hybridized carbons (Fsp3) is 0.471. The molecule has 0 aromatic heterocycles. The van der Waals surface area contributed by atoms with Crippen molar-refractivity contribution in [3.63, 3.8) is 0 Å². The van der Waals surface area contributed by atoms with Crippen LogP contribution in [0.3, 0.4) is 0 Å². The Hall–Kier alpha value is -3.36. The zero-order valence-electron chi connectivity index (χ0n) is 25.9. The van der Waals surface area contributed by atoms with Gasteiger partial charge in [0.1, 0.15) is 0 Å². The Morgan fingerprint density at radius 1 is 0.952 bits per heavy atom. The van der Waals surface area contributed by atoms with Crippen LogP contribution in [0.2, 0.25) is 0 Å². The number of nitrogens with zero attached hydrogens (tertiary/aromatic N) is 1. The third-order valence-corrected chi connectivity index (χ3v) is 9.29. The zero-order valence-corrected chi connectivity index (χ0v) is 25.9. The molecule has 0 saturated carbocycles. The first-order valence-electron chi connectivity index (χ1n) is 14.9. The lowest BCUT2D eigenvalue weighted by molar-refractivity contribution is 0.00578. The topological polar surface area (TPSA) is 88.1 Å². The highest BCUT2D eigenvalue weighted by atomic mass is 16.7. The second kappa shape index (κ2) is 11.0. The number of likely N-dealkylation sites (tertiary alicyclic amines) is 1. The van der Waals surface area contributed by atoms with Gasteiger partial charge in [-0.25, -0.2) is 4.79 Å².